The number of hydrogen-bond donors (Lipinski definition) is 2. The molecule has 1 aromatic rings. The Kier molecular flexibility index (Phi) is 7.82. The highest BCUT2D eigenvalue weighted by Gasteiger charge is 2.21. The molecule has 1 unspecified atom stereocenters. The normalized spacial score (nSPS) is 13.0. The van der Waals surface area contributed by atoms with E-state index in [1.807, 2.05) is 20.8 Å². The second-order valence-corrected chi connectivity index (χ2v) is 10.3. The van der Waals surface area contributed by atoms with Crippen LogP contribution in [0.15, 0.2) is 8.68 Å². The van der Waals surface area contributed by atoms with E-state index in [1.165, 1.54) is 23.1 Å². The Morgan fingerprint density at radius 1 is 1.17 bits per heavy atom. The molecule has 2 N–H and O–H groups in total. The lowest BCUT2D eigenvalue weighted by atomic mass is 10.1. The molecule has 0 saturated carbocycles. The number of nitrogens with zero attached hydrogens (tertiary/aromatic N) is 2. The lowest BCUT2D eigenvalue weighted by Crippen LogP contribution is -2.49. The summed E-state index contributed by atoms with van der Waals surface area (Å²) >= 11 is 4.45. The van der Waals surface area contributed by atoms with Crippen molar-refractivity contribution < 1.29 is 9.59 Å². The fourth-order valence-electron chi connectivity index (χ4n) is 1.33. The molecule has 130 valence electrons. The Hall–Kier alpha value is -0.800. The van der Waals surface area contributed by atoms with Crippen molar-refractivity contribution in [3.05, 3.63) is 0 Å². The van der Waals surface area contributed by atoms with Crippen LogP contribution in [0, 0.1) is 5.92 Å². The van der Waals surface area contributed by atoms with Crippen molar-refractivity contribution in [2.45, 2.75) is 61.0 Å². The fourth-order valence-corrected chi connectivity index (χ4v) is 4.47. The number of aromatic nitrogens is 2. The summed E-state index contributed by atoms with van der Waals surface area (Å²) in [6.45, 7) is 11.6. The highest BCUT2D eigenvalue weighted by Crippen LogP contribution is 2.31. The van der Waals surface area contributed by atoms with E-state index in [0.717, 1.165) is 14.4 Å². The second kappa shape index (κ2) is 8.89. The molecule has 0 aromatic carbocycles. The van der Waals surface area contributed by atoms with E-state index < -0.39 is 11.3 Å². The van der Waals surface area contributed by atoms with Crippen molar-refractivity contribution in [3.8, 4) is 0 Å². The van der Waals surface area contributed by atoms with Gasteiger partial charge in [-0.1, -0.05) is 48.7 Å². The van der Waals surface area contributed by atoms with E-state index in [0.29, 0.717) is 5.92 Å². The topological polar surface area (TPSA) is 84.0 Å². The molecule has 1 aromatic heterocycles. The number of hydrogen-bond acceptors (Lipinski definition) is 7. The van der Waals surface area contributed by atoms with Crippen LogP contribution in [-0.2, 0) is 4.79 Å². The average Bonchev–Trinajstić information content (AvgIpc) is 2.81. The molecule has 6 nitrogen and oxygen atoms in total. The van der Waals surface area contributed by atoms with Crippen LogP contribution in [0.25, 0.3) is 0 Å². The molecule has 1 atom stereocenters. The lowest BCUT2D eigenvalue weighted by molar-refractivity contribution is -0.119. The Bertz CT molecular complexity index is 540. The Morgan fingerprint density at radius 3 is 2.35 bits per heavy atom. The standard InChI is InChI=1S/C14H24N4O2S3/c1-8(2)7-21-12-17-18-13(23-12)22-9(3)10(19)15-11(20)16-14(4,5)6/h8-9H,7H2,1-6H3,(H2,15,16,19,20). The van der Waals surface area contributed by atoms with Crippen LogP contribution in [-0.4, -0.2) is 38.7 Å². The van der Waals surface area contributed by atoms with Gasteiger partial charge in [0.25, 0.3) is 0 Å². The third-order valence-electron chi connectivity index (χ3n) is 2.30. The summed E-state index contributed by atoms with van der Waals surface area (Å²) < 4.78 is 1.63. The third-order valence-corrected chi connectivity index (χ3v) is 5.97. The molecule has 0 spiro atoms. The van der Waals surface area contributed by atoms with Crippen molar-refractivity contribution in [1.82, 2.24) is 20.8 Å². The van der Waals surface area contributed by atoms with Crippen molar-refractivity contribution in [2.24, 2.45) is 5.92 Å². The molecular formula is C14H24N4O2S3. The minimum atomic E-state index is -0.486. The number of amides is 3. The van der Waals surface area contributed by atoms with Crippen LogP contribution in [0.2, 0.25) is 0 Å². The predicted molar refractivity (Wildman–Crippen MR) is 97.2 cm³/mol. The van der Waals surface area contributed by atoms with Gasteiger partial charge in [-0.05, 0) is 33.6 Å². The van der Waals surface area contributed by atoms with Gasteiger partial charge in [0, 0.05) is 11.3 Å². The van der Waals surface area contributed by atoms with E-state index in [1.54, 1.807) is 18.7 Å². The first kappa shape index (κ1) is 20.2. The zero-order chi connectivity index (χ0) is 17.6. The van der Waals surface area contributed by atoms with Crippen LogP contribution >= 0.6 is 34.9 Å². The minimum Gasteiger partial charge on any atom is -0.333 e. The zero-order valence-corrected chi connectivity index (χ0v) is 16.7. The molecule has 9 heteroatoms. The van der Waals surface area contributed by atoms with Crippen LogP contribution in [0.3, 0.4) is 0 Å². The van der Waals surface area contributed by atoms with Gasteiger partial charge in [0.15, 0.2) is 8.68 Å². The maximum Gasteiger partial charge on any atom is 0.321 e. The molecule has 3 amide bonds. The van der Waals surface area contributed by atoms with E-state index >= 15 is 0 Å². The molecule has 1 heterocycles. The van der Waals surface area contributed by atoms with E-state index in [-0.39, 0.29) is 11.4 Å². The van der Waals surface area contributed by atoms with E-state index in [4.69, 9.17) is 0 Å². The maximum atomic E-state index is 12.0. The summed E-state index contributed by atoms with van der Waals surface area (Å²) in [6.07, 6.45) is 0. The molecule has 0 aliphatic heterocycles. The summed E-state index contributed by atoms with van der Waals surface area (Å²) in [5, 5.41) is 12.8. The smallest absolute Gasteiger partial charge is 0.321 e. The van der Waals surface area contributed by atoms with Crippen molar-refractivity contribution in [2.75, 3.05) is 5.75 Å². The summed E-state index contributed by atoms with van der Waals surface area (Å²) in [7, 11) is 0. The summed E-state index contributed by atoms with van der Waals surface area (Å²) in [5.74, 6) is 1.23. The highest BCUT2D eigenvalue weighted by molar-refractivity contribution is 8.03. The van der Waals surface area contributed by atoms with Gasteiger partial charge in [0.05, 0.1) is 5.25 Å². The summed E-state index contributed by atoms with van der Waals surface area (Å²) in [6, 6.07) is -0.486. The molecule has 0 aliphatic carbocycles. The molecule has 0 bridgehead atoms. The van der Waals surface area contributed by atoms with Crippen molar-refractivity contribution in [1.29, 1.82) is 0 Å². The number of imide groups is 1. The van der Waals surface area contributed by atoms with Gasteiger partial charge in [-0.25, -0.2) is 4.79 Å². The van der Waals surface area contributed by atoms with Gasteiger partial charge in [0.1, 0.15) is 0 Å². The van der Waals surface area contributed by atoms with E-state index in [9.17, 15) is 9.59 Å². The lowest BCUT2D eigenvalue weighted by Gasteiger charge is -2.20. The van der Waals surface area contributed by atoms with Crippen molar-refractivity contribution >= 4 is 46.8 Å². The number of carbonyl (C=O) groups is 2. The highest BCUT2D eigenvalue weighted by atomic mass is 32.2. The number of urea groups is 1. The predicted octanol–water partition coefficient (Wildman–Crippen LogP) is 3.39. The number of rotatable bonds is 6. The number of nitrogens with one attached hydrogen (secondary N) is 2. The first-order valence-corrected chi connectivity index (χ1v) is 10.0. The molecule has 23 heavy (non-hydrogen) atoms. The van der Waals surface area contributed by atoms with Crippen LogP contribution < -0.4 is 10.6 Å². The number of thioether (sulfide) groups is 2. The van der Waals surface area contributed by atoms with Crippen molar-refractivity contribution in [3.63, 3.8) is 0 Å². The Balaban J connectivity index is 2.47. The van der Waals surface area contributed by atoms with Crippen LogP contribution in [0.4, 0.5) is 4.79 Å². The van der Waals surface area contributed by atoms with Gasteiger partial charge in [-0.3, -0.25) is 10.1 Å². The fraction of sp³-hybridized carbons (Fsp3) is 0.714. The first-order chi connectivity index (χ1) is 10.6. The molecule has 0 saturated heterocycles. The number of carbonyl (C=O) groups excluding carboxylic acids is 2. The minimum absolute atomic E-state index is 0.344. The average molecular weight is 377 g/mol. The first-order valence-electron chi connectivity index (χ1n) is 7.33. The molecule has 0 aliphatic rings. The van der Waals surface area contributed by atoms with Crippen LogP contribution in [0.5, 0.6) is 0 Å². The SMILES string of the molecule is CC(C)CSc1nnc(SC(C)C(=O)NC(=O)NC(C)(C)C)s1. The zero-order valence-electron chi connectivity index (χ0n) is 14.3. The van der Waals surface area contributed by atoms with Gasteiger partial charge in [0.2, 0.25) is 5.91 Å². The van der Waals surface area contributed by atoms with E-state index in [2.05, 4.69) is 34.7 Å². The quantitative estimate of drug-likeness (QED) is 0.740. The largest absolute Gasteiger partial charge is 0.333 e. The van der Waals surface area contributed by atoms with Gasteiger partial charge < -0.3 is 5.32 Å². The molecule has 1 rings (SSSR count). The van der Waals surface area contributed by atoms with Crippen LogP contribution in [0.1, 0.15) is 41.5 Å². The summed E-state index contributed by atoms with van der Waals surface area (Å²) in [5.41, 5.74) is -0.386. The third kappa shape index (κ3) is 8.57. The monoisotopic (exact) mass is 376 g/mol. The molecular weight excluding hydrogens is 352 g/mol. The Labute approximate surface area is 150 Å². The van der Waals surface area contributed by atoms with Gasteiger partial charge in [-0.15, -0.1) is 10.2 Å². The summed E-state index contributed by atoms with van der Waals surface area (Å²) in [4.78, 5) is 23.7. The van der Waals surface area contributed by atoms with Gasteiger partial charge in [-0.2, -0.15) is 0 Å². The maximum absolute atomic E-state index is 12.0. The van der Waals surface area contributed by atoms with Gasteiger partial charge >= 0.3 is 6.03 Å². The second-order valence-electron chi connectivity index (χ2n) is 6.49. The molecule has 0 radical (unpaired) electrons. The molecule has 0 fully saturated rings. The Morgan fingerprint density at radius 2 is 1.78 bits per heavy atom.